The summed E-state index contributed by atoms with van der Waals surface area (Å²) in [5.74, 6) is -1.80. The van der Waals surface area contributed by atoms with E-state index in [2.05, 4.69) is 10.4 Å². The van der Waals surface area contributed by atoms with Crippen molar-refractivity contribution in [3.8, 4) is 0 Å². The van der Waals surface area contributed by atoms with E-state index in [-0.39, 0.29) is 5.91 Å². The predicted octanol–water partition coefficient (Wildman–Crippen LogP) is 2.86. The molecule has 26 heavy (non-hydrogen) atoms. The Hall–Kier alpha value is -3.15. The number of amides is 1. The lowest BCUT2D eigenvalue weighted by atomic mass is 9.93. The second-order valence-corrected chi connectivity index (χ2v) is 6.83. The molecule has 132 valence electrons. The maximum atomic E-state index is 12.7. The summed E-state index contributed by atoms with van der Waals surface area (Å²) in [6.07, 6.45) is 0.311. The van der Waals surface area contributed by atoms with Gasteiger partial charge in [-0.15, -0.1) is 0 Å². The van der Waals surface area contributed by atoms with Crippen LogP contribution in [0, 0.1) is 12.8 Å². The Morgan fingerprint density at radius 1 is 1.23 bits per heavy atom. The van der Waals surface area contributed by atoms with Crippen molar-refractivity contribution in [2.45, 2.75) is 18.8 Å². The molecule has 6 heteroatoms. The molecule has 0 unspecified atom stereocenters. The van der Waals surface area contributed by atoms with Crippen LogP contribution in [-0.2, 0) is 22.1 Å². The number of nitrogens with one attached hydrogen (secondary N) is 1. The van der Waals surface area contributed by atoms with Crippen LogP contribution in [0.15, 0.2) is 48.5 Å². The number of carbonyl (C=O) groups is 2. The summed E-state index contributed by atoms with van der Waals surface area (Å²) < 4.78 is 1.77. The summed E-state index contributed by atoms with van der Waals surface area (Å²) in [5, 5.41) is 18.0. The molecule has 2 aromatic carbocycles. The summed E-state index contributed by atoms with van der Waals surface area (Å²) >= 11 is 0. The number of aryl methyl sites for hydroxylation is 2. The summed E-state index contributed by atoms with van der Waals surface area (Å²) in [4.78, 5) is 24.6. The van der Waals surface area contributed by atoms with Crippen molar-refractivity contribution in [3.05, 3.63) is 59.8 Å². The normalized spacial score (nSPS) is 21.5. The number of carboxylic acids is 1. The van der Waals surface area contributed by atoms with E-state index in [4.69, 9.17) is 0 Å². The van der Waals surface area contributed by atoms with Gasteiger partial charge < -0.3 is 10.4 Å². The number of aromatic nitrogens is 2. The highest BCUT2D eigenvalue weighted by atomic mass is 16.4. The molecule has 1 aliphatic carbocycles. The molecule has 1 aliphatic rings. The summed E-state index contributed by atoms with van der Waals surface area (Å²) in [6, 6.07) is 14.6. The predicted molar refractivity (Wildman–Crippen MR) is 97.9 cm³/mol. The van der Waals surface area contributed by atoms with Crippen LogP contribution in [0.3, 0.4) is 0 Å². The van der Waals surface area contributed by atoms with Gasteiger partial charge in [0.25, 0.3) is 0 Å². The zero-order chi connectivity index (χ0) is 18.5. The number of benzene rings is 2. The molecule has 0 saturated heterocycles. The molecule has 1 amide bonds. The minimum absolute atomic E-state index is 0.269. The Bertz CT molecular complexity index is 1030. The minimum Gasteiger partial charge on any atom is -0.481 e. The first-order valence-corrected chi connectivity index (χ1v) is 8.46. The van der Waals surface area contributed by atoms with Gasteiger partial charge in [-0.2, -0.15) is 5.10 Å². The van der Waals surface area contributed by atoms with Gasteiger partial charge in [-0.05, 0) is 37.1 Å². The smallest absolute Gasteiger partial charge is 0.314 e. The highest BCUT2D eigenvalue weighted by molar-refractivity contribution is 6.03. The topological polar surface area (TPSA) is 84.2 Å². The molecule has 0 spiro atoms. The molecule has 1 fully saturated rings. The average molecular weight is 349 g/mol. The first-order chi connectivity index (χ1) is 12.4. The van der Waals surface area contributed by atoms with Crippen molar-refractivity contribution in [1.29, 1.82) is 0 Å². The second-order valence-electron chi connectivity index (χ2n) is 6.83. The van der Waals surface area contributed by atoms with Gasteiger partial charge in [0.1, 0.15) is 5.41 Å². The number of fused-ring (bicyclic) bond motifs is 1. The van der Waals surface area contributed by atoms with Crippen LogP contribution in [0.25, 0.3) is 10.9 Å². The lowest BCUT2D eigenvalue weighted by Gasteiger charge is -2.13. The van der Waals surface area contributed by atoms with Gasteiger partial charge in [-0.1, -0.05) is 30.3 Å². The number of nitrogens with zero attached hydrogens (tertiary/aromatic N) is 2. The van der Waals surface area contributed by atoms with Crippen molar-refractivity contribution in [1.82, 2.24) is 9.78 Å². The standard InChI is InChI=1S/C20H19N3O3/c1-12-15-9-8-14(10-17(15)23(2)22-12)21-18(24)16-11-20(16,19(25)26)13-6-4-3-5-7-13/h3-10,16H,11H2,1-2H3,(H,21,24)(H,25,26)/t16-,20+/m0/s1. The number of hydrogen-bond donors (Lipinski definition) is 2. The van der Waals surface area contributed by atoms with Crippen molar-refractivity contribution in [3.63, 3.8) is 0 Å². The van der Waals surface area contributed by atoms with Gasteiger partial charge in [-0.3, -0.25) is 14.3 Å². The van der Waals surface area contributed by atoms with Crippen LogP contribution in [0.4, 0.5) is 5.69 Å². The van der Waals surface area contributed by atoms with E-state index in [0.29, 0.717) is 17.7 Å². The number of carbonyl (C=O) groups excluding carboxylic acids is 1. The fourth-order valence-electron chi connectivity index (χ4n) is 3.74. The van der Waals surface area contributed by atoms with Crippen molar-refractivity contribution < 1.29 is 14.7 Å². The number of carboxylic acid groups (broad SMARTS) is 1. The molecule has 1 saturated carbocycles. The zero-order valence-corrected chi connectivity index (χ0v) is 14.6. The largest absolute Gasteiger partial charge is 0.481 e. The van der Waals surface area contributed by atoms with E-state index in [0.717, 1.165) is 16.6 Å². The maximum Gasteiger partial charge on any atom is 0.314 e. The quantitative estimate of drug-likeness (QED) is 0.758. The summed E-state index contributed by atoms with van der Waals surface area (Å²) in [6.45, 7) is 1.94. The third-order valence-electron chi connectivity index (χ3n) is 5.25. The van der Waals surface area contributed by atoms with E-state index in [1.165, 1.54) is 0 Å². The maximum absolute atomic E-state index is 12.7. The molecule has 4 rings (SSSR count). The SMILES string of the molecule is Cc1nn(C)c2cc(NC(=O)[C@@H]3C[C@@]3(C(=O)O)c3ccccc3)ccc12. The third-order valence-corrected chi connectivity index (χ3v) is 5.25. The van der Waals surface area contributed by atoms with Crippen molar-refractivity contribution in [2.24, 2.45) is 13.0 Å². The highest BCUT2D eigenvalue weighted by Gasteiger charge is 2.65. The van der Waals surface area contributed by atoms with E-state index in [1.807, 2.05) is 38.2 Å². The van der Waals surface area contributed by atoms with Gasteiger partial charge in [0.15, 0.2) is 0 Å². The van der Waals surface area contributed by atoms with Gasteiger partial charge >= 0.3 is 5.97 Å². The molecule has 6 nitrogen and oxygen atoms in total. The van der Waals surface area contributed by atoms with E-state index >= 15 is 0 Å². The van der Waals surface area contributed by atoms with Crippen LogP contribution in [0.1, 0.15) is 17.7 Å². The van der Waals surface area contributed by atoms with Gasteiger partial charge in [0.05, 0.1) is 17.1 Å². The molecule has 2 atom stereocenters. The summed E-state index contributed by atoms with van der Waals surface area (Å²) in [7, 11) is 1.85. The fraction of sp³-hybridized carbons (Fsp3) is 0.250. The van der Waals surface area contributed by atoms with Crippen LogP contribution in [-0.4, -0.2) is 26.8 Å². The molecule has 1 heterocycles. The third kappa shape index (κ3) is 2.37. The summed E-state index contributed by atoms with van der Waals surface area (Å²) in [5.41, 5.74) is 2.04. The highest BCUT2D eigenvalue weighted by Crippen LogP contribution is 2.55. The van der Waals surface area contributed by atoms with Crippen LogP contribution < -0.4 is 5.32 Å². The van der Waals surface area contributed by atoms with E-state index in [1.54, 1.807) is 28.9 Å². The van der Waals surface area contributed by atoms with Crippen LogP contribution in [0.2, 0.25) is 0 Å². The van der Waals surface area contributed by atoms with Crippen molar-refractivity contribution >= 4 is 28.5 Å². The first-order valence-electron chi connectivity index (χ1n) is 8.46. The Morgan fingerprint density at radius 2 is 1.96 bits per heavy atom. The number of anilines is 1. The molecule has 0 aliphatic heterocycles. The Labute approximate surface area is 150 Å². The second kappa shape index (κ2) is 5.69. The first kappa shape index (κ1) is 16.3. The Kier molecular flexibility index (Phi) is 3.57. The average Bonchev–Trinajstić information content (AvgIpc) is 3.33. The van der Waals surface area contributed by atoms with Gasteiger partial charge in [0.2, 0.25) is 5.91 Å². The molecule has 2 N–H and O–H groups in total. The van der Waals surface area contributed by atoms with Gasteiger partial charge in [0, 0.05) is 18.1 Å². The molecular weight excluding hydrogens is 330 g/mol. The Morgan fingerprint density at radius 3 is 2.65 bits per heavy atom. The van der Waals surface area contributed by atoms with E-state index < -0.39 is 17.3 Å². The monoisotopic (exact) mass is 349 g/mol. The molecule has 0 bridgehead atoms. The molecule has 0 radical (unpaired) electrons. The molecule has 3 aromatic rings. The lowest BCUT2D eigenvalue weighted by molar-refractivity contribution is -0.141. The van der Waals surface area contributed by atoms with Crippen molar-refractivity contribution in [2.75, 3.05) is 5.32 Å². The number of rotatable bonds is 4. The number of aliphatic carboxylic acids is 1. The molecular formula is C20H19N3O3. The van der Waals surface area contributed by atoms with Crippen LogP contribution in [0.5, 0.6) is 0 Å². The van der Waals surface area contributed by atoms with E-state index in [9.17, 15) is 14.7 Å². The fourth-order valence-corrected chi connectivity index (χ4v) is 3.74. The Balaban J connectivity index is 1.59. The lowest BCUT2D eigenvalue weighted by Crippen LogP contribution is -2.28. The minimum atomic E-state index is -1.13. The zero-order valence-electron chi connectivity index (χ0n) is 14.6. The number of hydrogen-bond acceptors (Lipinski definition) is 3. The molecule has 1 aromatic heterocycles. The van der Waals surface area contributed by atoms with Gasteiger partial charge in [-0.25, -0.2) is 0 Å². The van der Waals surface area contributed by atoms with Crippen LogP contribution >= 0.6 is 0 Å².